The van der Waals surface area contributed by atoms with Crippen molar-refractivity contribution in [3.8, 4) is 11.8 Å². The van der Waals surface area contributed by atoms with Crippen LogP contribution in [-0.2, 0) is 19.5 Å². The minimum atomic E-state index is -3.69. The van der Waals surface area contributed by atoms with Crippen LogP contribution < -0.4 is 10.5 Å². The van der Waals surface area contributed by atoms with Gasteiger partial charge in [-0.05, 0) is 37.1 Å². The number of esters is 1. The molecule has 1 saturated heterocycles. The summed E-state index contributed by atoms with van der Waals surface area (Å²) in [6.07, 6.45) is 3.05. The molecular formula is C18H20N4O5S. The van der Waals surface area contributed by atoms with E-state index in [-0.39, 0.29) is 34.5 Å². The summed E-state index contributed by atoms with van der Waals surface area (Å²) in [6, 6.07) is 7.78. The van der Waals surface area contributed by atoms with Gasteiger partial charge >= 0.3 is 5.97 Å². The number of nitrogens with two attached hydrogens (primary N) is 1. The number of nitriles is 1. The number of hydrogen-bond donors (Lipinski definition) is 2. The molecule has 0 amide bonds. The lowest BCUT2D eigenvalue weighted by atomic mass is 10.2. The number of methoxy groups -OCH3 is 1. The van der Waals surface area contributed by atoms with E-state index in [9.17, 15) is 13.2 Å². The summed E-state index contributed by atoms with van der Waals surface area (Å²) in [4.78, 5) is 12.1. The van der Waals surface area contributed by atoms with E-state index in [4.69, 9.17) is 20.5 Å². The Morgan fingerprint density at radius 3 is 2.71 bits per heavy atom. The average molecular weight is 404 g/mol. The minimum absolute atomic E-state index is 0.00396. The zero-order valence-electron chi connectivity index (χ0n) is 15.2. The Balaban J connectivity index is 1.86. The Hall–Kier alpha value is -2.87. The van der Waals surface area contributed by atoms with E-state index in [0.29, 0.717) is 12.3 Å². The normalized spacial score (nSPS) is 16.6. The van der Waals surface area contributed by atoms with Gasteiger partial charge < -0.3 is 19.8 Å². The van der Waals surface area contributed by atoms with Gasteiger partial charge in [0.05, 0.1) is 29.4 Å². The minimum Gasteiger partial charge on any atom is -0.464 e. The molecule has 1 aromatic carbocycles. The van der Waals surface area contributed by atoms with Crippen molar-refractivity contribution in [3.05, 3.63) is 41.7 Å². The second kappa shape index (κ2) is 8.02. The Bertz CT molecular complexity index is 1020. The zero-order valence-corrected chi connectivity index (χ0v) is 16.0. The van der Waals surface area contributed by atoms with Gasteiger partial charge in [0.15, 0.2) is 5.69 Å². The zero-order chi connectivity index (χ0) is 20.3. The lowest BCUT2D eigenvalue weighted by Gasteiger charge is -2.12. The van der Waals surface area contributed by atoms with Crippen LogP contribution >= 0.6 is 0 Å². The maximum atomic E-state index is 12.5. The second-order valence-corrected chi connectivity index (χ2v) is 8.03. The van der Waals surface area contributed by atoms with E-state index in [1.54, 1.807) is 0 Å². The van der Waals surface area contributed by atoms with Gasteiger partial charge in [0.25, 0.3) is 0 Å². The molecule has 3 N–H and O–H groups in total. The van der Waals surface area contributed by atoms with Crippen molar-refractivity contribution in [1.82, 2.24) is 9.29 Å². The Morgan fingerprint density at radius 2 is 2.14 bits per heavy atom. The molecule has 0 radical (unpaired) electrons. The summed E-state index contributed by atoms with van der Waals surface area (Å²) in [5, 5.41) is 9.16. The first-order chi connectivity index (χ1) is 13.4. The van der Waals surface area contributed by atoms with E-state index in [0.717, 1.165) is 12.8 Å². The molecule has 148 valence electrons. The fourth-order valence-corrected chi connectivity index (χ4v) is 4.06. The Labute approximate surface area is 162 Å². The van der Waals surface area contributed by atoms with Crippen molar-refractivity contribution in [2.45, 2.75) is 23.8 Å². The molecule has 9 nitrogen and oxygen atoms in total. The summed E-state index contributed by atoms with van der Waals surface area (Å²) in [5.74, 6) is -0.700. The van der Waals surface area contributed by atoms with E-state index in [1.165, 1.54) is 42.1 Å². The standard InChI is InChI=1S/C18H20N4O5S/c1-26-18(23)17-16(20)12(9-19)11-22(17)13-4-6-15(7-5-13)28(24,25)21-10-14-3-2-8-27-14/h4-7,11,14,21H,2-3,8,10,20H2,1H3. The Morgan fingerprint density at radius 1 is 1.43 bits per heavy atom. The summed E-state index contributed by atoms with van der Waals surface area (Å²) < 4.78 is 39.0. The van der Waals surface area contributed by atoms with E-state index in [2.05, 4.69) is 4.72 Å². The predicted molar refractivity (Wildman–Crippen MR) is 100 cm³/mol. The van der Waals surface area contributed by atoms with Gasteiger partial charge in [0, 0.05) is 25.0 Å². The number of benzene rings is 1. The number of anilines is 1. The fraction of sp³-hybridized carbons (Fsp3) is 0.333. The number of sulfonamides is 1. The number of aromatic nitrogens is 1. The van der Waals surface area contributed by atoms with Crippen molar-refractivity contribution in [2.75, 3.05) is 26.0 Å². The molecule has 1 aromatic heterocycles. The van der Waals surface area contributed by atoms with Crippen LogP contribution in [0.2, 0.25) is 0 Å². The van der Waals surface area contributed by atoms with E-state index < -0.39 is 16.0 Å². The van der Waals surface area contributed by atoms with Crippen LogP contribution in [0, 0.1) is 11.3 Å². The molecule has 0 aliphatic carbocycles. The van der Waals surface area contributed by atoms with Crippen molar-refractivity contribution in [3.63, 3.8) is 0 Å². The number of nitrogen functional groups attached to an aromatic ring is 1. The lowest BCUT2D eigenvalue weighted by Crippen LogP contribution is -2.31. The SMILES string of the molecule is COC(=O)c1c(N)c(C#N)cn1-c1ccc(S(=O)(=O)NCC2CCCO2)cc1. The van der Waals surface area contributed by atoms with Gasteiger partial charge in [-0.15, -0.1) is 0 Å². The number of carbonyl (C=O) groups is 1. The number of nitrogens with one attached hydrogen (secondary N) is 1. The molecule has 1 fully saturated rings. The number of ether oxygens (including phenoxy) is 2. The van der Waals surface area contributed by atoms with Gasteiger partial charge in [-0.2, -0.15) is 5.26 Å². The van der Waals surface area contributed by atoms with Crippen molar-refractivity contribution >= 4 is 21.7 Å². The second-order valence-electron chi connectivity index (χ2n) is 6.26. The highest BCUT2D eigenvalue weighted by Crippen LogP contribution is 2.25. The molecule has 1 unspecified atom stereocenters. The van der Waals surface area contributed by atoms with Crippen molar-refractivity contribution in [2.24, 2.45) is 0 Å². The summed E-state index contributed by atoms with van der Waals surface area (Å²) in [5.41, 5.74) is 6.46. The molecule has 0 spiro atoms. The maximum Gasteiger partial charge on any atom is 0.357 e. The van der Waals surface area contributed by atoms with Gasteiger partial charge in [0.1, 0.15) is 6.07 Å². The van der Waals surface area contributed by atoms with Crippen molar-refractivity contribution in [1.29, 1.82) is 5.26 Å². The topological polar surface area (TPSA) is 136 Å². The monoisotopic (exact) mass is 404 g/mol. The van der Waals surface area contributed by atoms with E-state index in [1.807, 2.05) is 6.07 Å². The van der Waals surface area contributed by atoms with Crippen LogP contribution in [0.25, 0.3) is 5.69 Å². The molecule has 1 aliphatic heterocycles. The highest BCUT2D eigenvalue weighted by Gasteiger charge is 2.23. The molecule has 0 bridgehead atoms. The summed E-state index contributed by atoms with van der Waals surface area (Å²) in [6.45, 7) is 0.866. The molecule has 2 heterocycles. The molecule has 10 heteroatoms. The highest BCUT2D eigenvalue weighted by atomic mass is 32.2. The van der Waals surface area contributed by atoms with Gasteiger partial charge in [-0.25, -0.2) is 17.9 Å². The van der Waals surface area contributed by atoms with Crippen LogP contribution in [0.4, 0.5) is 5.69 Å². The fourth-order valence-electron chi connectivity index (χ4n) is 3.00. The molecule has 1 atom stereocenters. The summed E-state index contributed by atoms with van der Waals surface area (Å²) in [7, 11) is -2.48. The molecule has 2 aromatic rings. The van der Waals surface area contributed by atoms with Crippen LogP contribution in [0.1, 0.15) is 28.9 Å². The first kappa shape index (κ1) is 19.9. The first-order valence-corrected chi connectivity index (χ1v) is 10.1. The number of carbonyl (C=O) groups excluding carboxylic acids is 1. The quantitative estimate of drug-likeness (QED) is 0.690. The molecule has 0 saturated carbocycles. The largest absolute Gasteiger partial charge is 0.464 e. The van der Waals surface area contributed by atoms with Crippen molar-refractivity contribution < 1.29 is 22.7 Å². The predicted octanol–water partition coefficient (Wildman–Crippen LogP) is 1.18. The smallest absolute Gasteiger partial charge is 0.357 e. The molecule has 28 heavy (non-hydrogen) atoms. The Kier molecular flexibility index (Phi) is 5.69. The third-order valence-corrected chi connectivity index (χ3v) is 5.93. The number of rotatable bonds is 6. The van der Waals surface area contributed by atoms with Gasteiger partial charge in [0.2, 0.25) is 10.0 Å². The summed E-state index contributed by atoms with van der Waals surface area (Å²) >= 11 is 0. The third kappa shape index (κ3) is 3.87. The van der Waals surface area contributed by atoms with Gasteiger partial charge in [-0.1, -0.05) is 0 Å². The average Bonchev–Trinajstić information content (AvgIpc) is 3.33. The van der Waals surface area contributed by atoms with Crippen LogP contribution in [0.15, 0.2) is 35.4 Å². The number of nitrogens with zero attached hydrogens (tertiary/aromatic N) is 2. The molecule has 1 aliphatic rings. The lowest BCUT2D eigenvalue weighted by molar-refractivity contribution is 0.0593. The highest BCUT2D eigenvalue weighted by molar-refractivity contribution is 7.89. The molecular weight excluding hydrogens is 384 g/mol. The van der Waals surface area contributed by atoms with Crippen LogP contribution in [-0.4, -0.2) is 45.3 Å². The maximum absolute atomic E-state index is 12.5. The number of hydrogen-bond acceptors (Lipinski definition) is 7. The first-order valence-electron chi connectivity index (χ1n) is 8.58. The molecule has 3 rings (SSSR count). The van der Waals surface area contributed by atoms with Gasteiger partial charge in [-0.3, -0.25) is 0 Å². The van der Waals surface area contributed by atoms with Crippen LogP contribution in [0.5, 0.6) is 0 Å². The van der Waals surface area contributed by atoms with E-state index >= 15 is 0 Å². The van der Waals surface area contributed by atoms with Crippen LogP contribution in [0.3, 0.4) is 0 Å². The third-order valence-electron chi connectivity index (χ3n) is 4.49.